The monoisotopic (exact) mass is 269 g/mol. The van der Waals surface area contributed by atoms with Crippen LogP contribution in [0.25, 0.3) is 11.0 Å². The van der Waals surface area contributed by atoms with Crippen LogP contribution in [0.15, 0.2) is 29.4 Å². The topological polar surface area (TPSA) is 40.7 Å². The van der Waals surface area contributed by atoms with Crippen molar-refractivity contribution in [2.45, 2.75) is 23.2 Å². The van der Waals surface area contributed by atoms with Gasteiger partial charge in [-0.3, -0.25) is 0 Å². The Labute approximate surface area is 111 Å². The van der Waals surface area contributed by atoms with E-state index in [1.807, 2.05) is 23.9 Å². The number of halogens is 1. The highest BCUT2D eigenvalue weighted by Gasteiger charge is 2.15. The maximum absolute atomic E-state index is 4.59. The molecule has 0 atom stereocenters. The summed E-state index contributed by atoms with van der Waals surface area (Å²) < 4.78 is 0. The van der Waals surface area contributed by atoms with E-state index in [1.54, 1.807) is 0 Å². The molecule has 2 aromatic rings. The first-order valence-corrected chi connectivity index (χ1v) is 6.62. The van der Waals surface area contributed by atoms with Crippen molar-refractivity contribution in [2.75, 3.05) is 13.1 Å². The smallest absolute Gasteiger partial charge is 0.166 e. The Morgan fingerprint density at radius 1 is 1.18 bits per heavy atom. The highest BCUT2D eigenvalue weighted by atomic mass is 35.5. The molecule has 0 saturated carbocycles. The van der Waals surface area contributed by atoms with Crippen LogP contribution in [0.2, 0.25) is 0 Å². The van der Waals surface area contributed by atoms with Crippen LogP contribution < -0.4 is 5.32 Å². The van der Waals surface area contributed by atoms with E-state index in [0.29, 0.717) is 5.25 Å². The summed E-state index contributed by atoms with van der Waals surface area (Å²) in [6.45, 7) is 2.27. The van der Waals surface area contributed by atoms with Crippen LogP contribution in [0.3, 0.4) is 0 Å². The van der Waals surface area contributed by atoms with Crippen LogP contribution in [0, 0.1) is 0 Å². The number of imidazole rings is 1. The molecule has 92 valence electrons. The molecule has 5 heteroatoms. The van der Waals surface area contributed by atoms with Gasteiger partial charge in [-0.05, 0) is 38.1 Å². The van der Waals surface area contributed by atoms with Crippen LogP contribution in [0.1, 0.15) is 12.8 Å². The zero-order chi connectivity index (χ0) is 10.8. The first kappa shape index (κ1) is 12.7. The normalized spacial score (nSPS) is 16.9. The quantitative estimate of drug-likeness (QED) is 0.881. The molecule has 0 bridgehead atoms. The summed E-state index contributed by atoms with van der Waals surface area (Å²) in [5.74, 6) is 0. The van der Waals surface area contributed by atoms with E-state index in [-0.39, 0.29) is 12.4 Å². The lowest BCUT2D eigenvalue weighted by molar-refractivity contribution is 0.531. The number of hydrogen-bond acceptors (Lipinski definition) is 3. The van der Waals surface area contributed by atoms with Gasteiger partial charge in [-0.15, -0.1) is 12.4 Å². The molecule has 1 saturated heterocycles. The number of thioether (sulfide) groups is 1. The summed E-state index contributed by atoms with van der Waals surface area (Å²) in [6, 6.07) is 8.20. The van der Waals surface area contributed by atoms with E-state index in [2.05, 4.69) is 27.4 Å². The highest BCUT2D eigenvalue weighted by Crippen LogP contribution is 2.27. The fourth-order valence-electron chi connectivity index (χ4n) is 2.06. The van der Waals surface area contributed by atoms with Crippen molar-refractivity contribution in [3.05, 3.63) is 24.3 Å². The maximum atomic E-state index is 4.59. The fourth-order valence-corrected chi connectivity index (χ4v) is 3.16. The van der Waals surface area contributed by atoms with Gasteiger partial charge < -0.3 is 10.3 Å². The van der Waals surface area contributed by atoms with Gasteiger partial charge in [0.2, 0.25) is 0 Å². The largest absolute Gasteiger partial charge is 0.333 e. The fraction of sp³-hybridized carbons (Fsp3) is 0.417. The predicted octanol–water partition coefficient (Wildman–Crippen LogP) is 2.83. The third-order valence-corrected chi connectivity index (χ3v) is 4.15. The summed E-state index contributed by atoms with van der Waals surface area (Å²) in [6.07, 6.45) is 2.48. The molecular weight excluding hydrogens is 254 g/mol. The number of nitrogens with zero attached hydrogens (tertiary/aromatic N) is 1. The SMILES string of the molecule is Cl.c1ccc2[nH]c(SC3CCNCC3)nc2c1. The van der Waals surface area contributed by atoms with Crippen molar-refractivity contribution in [3.8, 4) is 0 Å². The van der Waals surface area contributed by atoms with Crippen LogP contribution in [-0.2, 0) is 0 Å². The summed E-state index contributed by atoms with van der Waals surface area (Å²) in [5, 5.41) is 5.16. The Morgan fingerprint density at radius 3 is 2.71 bits per heavy atom. The van der Waals surface area contributed by atoms with E-state index in [1.165, 1.54) is 12.8 Å². The van der Waals surface area contributed by atoms with E-state index < -0.39 is 0 Å². The lowest BCUT2D eigenvalue weighted by Gasteiger charge is -2.20. The zero-order valence-electron chi connectivity index (χ0n) is 9.48. The molecule has 1 aliphatic heterocycles. The highest BCUT2D eigenvalue weighted by molar-refractivity contribution is 7.99. The summed E-state index contributed by atoms with van der Waals surface area (Å²) in [5.41, 5.74) is 2.21. The minimum Gasteiger partial charge on any atom is -0.333 e. The molecule has 0 aliphatic carbocycles. The molecule has 1 aromatic heterocycles. The Bertz CT molecular complexity index is 446. The third-order valence-electron chi connectivity index (χ3n) is 2.93. The van der Waals surface area contributed by atoms with Crippen molar-refractivity contribution in [2.24, 2.45) is 0 Å². The molecule has 0 radical (unpaired) electrons. The van der Waals surface area contributed by atoms with Gasteiger partial charge in [0.25, 0.3) is 0 Å². The zero-order valence-corrected chi connectivity index (χ0v) is 11.1. The van der Waals surface area contributed by atoms with Crippen LogP contribution in [0.5, 0.6) is 0 Å². The van der Waals surface area contributed by atoms with Crippen molar-refractivity contribution in [1.29, 1.82) is 0 Å². The minimum absolute atomic E-state index is 0. The molecule has 0 spiro atoms. The second kappa shape index (κ2) is 5.76. The summed E-state index contributed by atoms with van der Waals surface area (Å²) >= 11 is 1.88. The number of rotatable bonds is 2. The van der Waals surface area contributed by atoms with Gasteiger partial charge in [-0.2, -0.15) is 0 Å². The van der Waals surface area contributed by atoms with Gasteiger partial charge in [-0.1, -0.05) is 23.9 Å². The average molecular weight is 270 g/mol. The van der Waals surface area contributed by atoms with Crippen molar-refractivity contribution in [1.82, 2.24) is 15.3 Å². The number of H-pyrrole nitrogens is 1. The molecule has 2 heterocycles. The first-order valence-electron chi connectivity index (χ1n) is 5.74. The molecular formula is C12H16ClN3S. The van der Waals surface area contributed by atoms with Gasteiger partial charge in [-0.25, -0.2) is 4.98 Å². The number of benzene rings is 1. The molecule has 2 N–H and O–H groups in total. The standard InChI is InChI=1S/C12H15N3S.ClH/c1-2-4-11-10(3-1)14-12(15-11)16-9-5-7-13-8-6-9;/h1-4,9,13H,5-8H2,(H,14,15);1H. The van der Waals surface area contributed by atoms with E-state index in [0.717, 1.165) is 29.3 Å². The Kier molecular flexibility index (Phi) is 4.31. The lowest BCUT2D eigenvalue weighted by atomic mass is 10.2. The molecule has 3 rings (SSSR count). The second-order valence-corrected chi connectivity index (χ2v) is 5.42. The number of fused-ring (bicyclic) bond motifs is 1. The number of piperidine rings is 1. The van der Waals surface area contributed by atoms with Gasteiger partial charge >= 0.3 is 0 Å². The summed E-state index contributed by atoms with van der Waals surface area (Å²) in [4.78, 5) is 7.97. The minimum atomic E-state index is 0. The number of hydrogen-bond donors (Lipinski definition) is 2. The number of para-hydroxylation sites is 2. The van der Waals surface area contributed by atoms with Gasteiger partial charge in [0.15, 0.2) is 5.16 Å². The molecule has 3 nitrogen and oxygen atoms in total. The molecule has 0 amide bonds. The molecule has 17 heavy (non-hydrogen) atoms. The van der Waals surface area contributed by atoms with Gasteiger partial charge in [0.05, 0.1) is 11.0 Å². The lowest BCUT2D eigenvalue weighted by Crippen LogP contribution is -2.29. The number of nitrogens with one attached hydrogen (secondary N) is 2. The Hall–Kier alpha value is -0.710. The van der Waals surface area contributed by atoms with Crippen molar-refractivity contribution >= 4 is 35.2 Å². The summed E-state index contributed by atoms with van der Waals surface area (Å²) in [7, 11) is 0. The van der Waals surface area contributed by atoms with E-state index in [4.69, 9.17) is 0 Å². The molecule has 1 fully saturated rings. The number of aromatic nitrogens is 2. The number of aromatic amines is 1. The second-order valence-electron chi connectivity index (χ2n) is 4.13. The van der Waals surface area contributed by atoms with Crippen LogP contribution >= 0.6 is 24.2 Å². The average Bonchev–Trinajstić information content (AvgIpc) is 2.72. The van der Waals surface area contributed by atoms with Gasteiger partial charge in [0.1, 0.15) is 0 Å². The van der Waals surface area contributed by atoms with Crippen molar-refractivity contribution in [3.63, 3.8) is 0 Å². The van der Waals surface area contributed by atoms with Crippen LogP contribution in [-0.4, -0.2) is 28.3 Å². The molecule has 0 unspecified atom stereocenters. The first-order chi connectivity index (χ1) is 7.92. The van der Waals surface area contributed by atoms with Gasteiger partial charge in [0, 0.05) is 5.25 Å². The molecule has 1 aromatic carbocycles. The van der Waals surface area contributed by atoms with E-state index in [9.17, 15) is 0 Å². The third kappa shape index (κ3) is 2.94. The predicted molar refractivity (Wildman–Crippen MR) is 75.1 cm³/mol. The molecule has 1 aliphatic rings. The Balaban J connectivity index is 0.00000108. The Morgan fingerprint density at radius 2 is 1.94 bits per heavy atom. The van der Waals surface area contributed by atoms with Crippen molar-refractivity contribution < 1.29 is 0 Å². The van der Waals surface area contributed by atoms with Crippen LogP contribution in [0.4, 0.5) is 0 Å². The van der Waals surface area contributed by atoms with E-state index >= 15 is 0 Å². The maximum Gasteiger partial charge on any atom is 0.166 e.